The van der Waals surface area contributed by atoms with Crippen LogP contribution in [-0.4, -0.2) is 32.8 Å². The maximum absolute atomic E-state index is 12.2. The van der Waals surface area contributed by atoms with E-state index in [2.05, 4.69) is 10.6 Å². The molecule has 0 aromatic heterocycles. The molecule has 0 radical (unpaired) electrons. The van der Waals surface area contributed by atoms with Gasteiger partial charge in [0.05, 0.1) is 25.0 Å². The number of halogens is 1. The van der Waals surface area contributed by atoms with Crippen LogP contribution in [0.2, 0.25) is 5.02 Å². The summed E-state index contributed by atoms with van der Waals surface area (Å²) in [4.78, 5) is 12.2. The largest absolute Gasteiger partial charge is 0.495 e. The van der Waals surface area contributed by atoms with Crippen LogP contribution in [0, 0.1) is 0 Å². The number of rotatable bonds is 5. The van der Waals surface area contributed by atoms with Crippen LogP contribution in [0.4, 0.5) is 11.4 Å². The Kier molecular flexibility index (Phi) is 4.96. The number of carbonyl (C=O) groups is 1. The van der Waals surface area contributed by atoms with E-state index in [-0.39, 0.29) is 12.5 Å². The number of methoxy groups -OCH3 is 1. The Balaban J connectivity index is 1.65. The molecule has 1 aliphatic heterocycles. The molecular weight excluding hydrogens is 332 g/mol. The molecule has 0 aliphatic carbocycles. The van der Waals surface area contributed by atoms with Gasteiger partial charge in [0.1, 0.15) is 19.0 Å². The number of carbonyl (C=O) groups excluding carboxylic acids is 1. The third-order valence-electron chi connectivity index (χ3n) is 3.44. The fraction of sp³-hybridized carbons (Fsp3) is 0.235. The van der Waals surface area contributed by atoms with E-state index in [1.165, 1.54) is 7.11 Å². The van der Waals surface area contributed by atoms with Crippen LogP contribution in [0.25, 0.3) is 0 Å². The van der Waals surface area contributed by atoms with E-state index in [0.717, 1.165) is 0 Å². The number of ether oxygens (including phenoxy) is 3. The number of para-hydroxylation sites is 1. The molecule has 2 N–H and O–H groups in total. The predicted molar refractivity (Wildman–Crippen MR) is 92.6 cm³/mol. The predicted octanol–water partition coefficient (Wildman–Crippen LogP) is 3.17. The van der Waals surface area contributed by atoms with Gasteiger partial charge in [-0.25, -0.2) is 0 Å². The summed E-state index contributed by atoms with van der Waals surface area (Å²) in [5.74, 6) is 1.60. The van der Waals surface area contributed by atoms with Gasteiger partial charge < -0.3 is 24.8 Å². The zero-order chi connectivity index (χ0) is 16.9. The van der Waals surface area contributed by atoms with Gasteiger partial charge in [-0.1, -0.05) is 17.7 Å². The third-order valence-corrected chi connectivity index (χ3v) is 3.68. The quantitative estimate of drug-likeness (QED) is 0.868. The minimum absolute atomic E-state index is 0.0650. The first-order valence-electron chi connectivity index (χ1n) is 7.43. The SMILES string of the molecule is COc1ccc(Cl)cc1NC(=O)CNc1cccc2c1OCCO2. The molecular formula is C17H17ClN2O4. The summed E-state index contributed by atoms with van der Waals surface area (Å²) in [6.07, 6.45) is 0. The number of nitrogens with one attached hydrogen (secondary N) is 2. The third kappa shape index (κ3) is 3.65. The van der Waals surface area contributed by atoms with Gasteiger partial charge in [0, 0.05) is 5.02 Å². The molecule has 1 amide bonds. The highest BCUT2D eigenvalue weighted by Crippen LogP contribution is 2.37. The van der Waals surface area contributed by atoms with Crippen molar-refractivity contribution in [2.45, 2.75) is 0 Å². The molecule has 0 fully saturated rings. The summed E-state index contributed by atoms with van der Waals surface area (Å²) in [6.45, 7) is 1.07. The van der Waals surface area contributed by atoms with E-state index in [0.29, 0.717) is 46.9 Å². The first-order chi connectivity index (χ1) is 11.7. The van der Waals surface area contributed by atoms with Crippen molar-refractivity contribution in [3.05, 3.63) is 41.4 Å². The minimum Gasteiger partial charge on any atom is -0.495 e. The molecule has 126 valence electrons. The summed E-state index contributed by atoms with van der Waals surface area (Å²) in [5.41, 5.74) is 1.23. The van der Waals surface area contributed by atoms with Gasteiger partial charge >= 0.3 is 0 Å². The average molecular weight is 349 g/mol. The summed E-state index contributed by atoms with van der Waals surface area (Å²) in [5, 5.41) is 6.34. The molecule has 1 aliphatic rings. The summed E-state index contributed by atoms with van der Waals surface area (Å²) in [7, 11) is 1.53. The van der Waals surface area contributed by atoms with Gasteiger partial charge in [-0.15, -0.1) is 0 Å². The Hall–Kier alpha value is -2.60. The first kappa shape index (κ1) is 16.3. The van der Waals surface area contributed by atoms with E-state index in [1.54, 1.807) is 18.2 Å². The van der Waals surface area contributed by atoms with Crippen LogP contribution in [0.3, 0.4) is 0 Å². The molecule has 24 heavy (non-hydrogen) atoms. The van der Waals surface area contributed by atoms with Crippen molar-refractivity contribution in [2.24, 2.45) is 0 Å². The lowest BCUT2D eigenvalue weighted by atomic mass is 10.2. The van der Waals surface area contributed by atoms with Gasteiger partial charge in [0.25, 0.3) is 0 Å². The van der Waals surface area contributed by atoms with E-state index >= 15 is 0 Å². The van der Waals surface area contributed by atoms with Gasteiger partial charge in [0.2, 0.25) is 5.91 Å². The number of fused-ring (bicyclic) bond motifs is 1. The average Bonchev–Trinajstić information content (AvgIpc) is 2.60. The highest BCUT2D eigenvalue weighted by Gasteiger charge is 2.16. The molecule has 0 atom stereocenters. The van der Waals surface area contributed by atoms with Crippen LogP contribution in [0.1, 0.15) is 0 Å². The molecule has 0 spiro atoms. The lowest BCUT2D eigenvalue weighted by Crippen LogP contribution is -2.23. The number of hydrogen-bond acceptors (Lipinski definition) is 5. The van der Waals surface area contributed by atoms with E-state index in [1.807, 2.05) is 18.2 Å². The number of amides is 1. The van der Waals surface area contributed by atoms with Crippen molar-refractivity contribution < 1.29 is 19.0 Å². The van der Waals surface area contributed by atoms with Crippen molar-refractivity contribution in [3.8, 4) is 17.2 Å². The fourth-order valence-electron chi connectivity index (χ4n) is 2.36. The summed E-state index contributed by atoms with van der Waals surface area (Å²) >= 11 is 5.96. The minimum atomic E-state index is -0.232. The Labute approximate surface area is 144 Å². The van der Waals surface area contributed by atoms with Crippen molar-refractivity contribution >= 4 is 28.9 Å². The van der Waals surface area contributed by atoms with Crippen LogP contribution < -0.4 is 24.8 Å². The van der Waals surface area contributed by atoms with Crippen molar-refractivity contribution in [2.75, 3.05) is 37.5 Å². The lowest BCUT2D eigenvalue weighted by Gasteiger charge is -2.21. The van der Waals surface area contributed by atoms with Crippen LogP contribution in [0.5, 0.6) is 17.2 Å². The smallest absolute Gasteiger partial charge is 0.243 e. The standard InChI is InChI=1S/C17H17ClN2O4/c1-22-14-6-5-11(18)9-13(14)20-16(21)10-19-12-3-2-4-15-17(12)24-8-7-23-15/h2-6,9,19H,7-8,10H2,1H3,(H,20,21). The summed E-state index contributed by atoms with van der Waals surface area (Å²) in [6, 6.07) is 10.5. The first-order valence-corrected chi connectivity index (χ1v) is 7.81. The number of benzene rings is 2. The Morgan fingerprint density at radius 3 is 2.88 bits per heavy atom. The highest BCUT2D eigenvalue weighted by molar-refractivity contribution is 6.31. The molecule has 7 heteroatoms. The maximum atomic E-state index is 12.2. The van der Waals surface area contributed by atoms with Crippen LogP contribution >= 0.6 is 11.6 Å². The van der Waals surface area contributed by atoms with E-state index in [4.69, 9.17) is 25.8 Å². The second kappa shape index (κ2) is 7.31. The molecule has 0 saturated carbocycles. The van der Waals surface area contributed by atoms with Crippen molar-refractivity contribution in [3.63, 3.8) is 0 Å². The van der Waals surface area contributed by atoms with Gasteiger partial charge in [-0.3, -0.25) is 4.79 Å². The number of anilines is 2. The van der Waals surface area contributed by atoms with Crippen molar-refractivity contribution in [1.29, 1.82) is 0 Å². The van der Waals surface area contributed by atoms with Crippen molar-refractivity contribution in [1.82, 2.24) is 0 Å². The second-order valence-corrected chi connectivity index (χ2v) is 5.51. The topological polar surface area (TPSA) is 68.8 Å². The van der Waals surface area contributed by atoms with Crippen LogP contribution in [0.15, 0.2) is 36.4 Å². The molecule has 0 bridgehead atoms. The maximum Gasteiger partial charge on any atom is 0.243 e. The van der Waals surface area contributed by atoms with E-state index in [9.17, 15) is 4.79 Å². The second-order valence-electron chi connectivity index (χ2n) is 5.08. The zero-order valence-corrected chi connectivity index (χ0v) is 13.9. The molecule has 2 aromatic rings. The highest BCUT2D eigenvalue weighted by atomic mass is 35.5. The molecule has 0 saturated heterocycles. The van der Waals surface area contributed by atoms with Gasteiger partial charge in [-0.05, 0) is 30.3 Å². The molecule has 0 unspecified atom stereocenters. The zero-order valence-electron chi connectivity index (χ0n) is 13.1. The normalized spacial score (nSPS) is 12.4. The molecule has 1 heterocycles. The Morgan fingerprint density at radius 2 is 2.04 bits per heavy atom. The Bertz CT molecular complexity index is 751. The monoisotopic (exact) mass is 348 g/mol. The molecule has 6 nitrogen and oxygen atoms in total. The van der Waals surface area contributed by atoms with Gasteiger partial charge in [-0.2, -0.15) is 0 Å². The van der Waals surface area contributed by atoms with E-state index < -0.39 is 0 Å². The number of hydrogen-bond donors (Lipinski definition) is 2. The van der Waals surface area contributed by atoms with Gasteiger partial charge in [0.15, 0.2) is 11.5 Å². The Morgan fingerprint density at radius 1 is 1.21 bits per heavy atom. The summed E-state index contributed by atoms with van der Waals surface area (Å²) < 4.78 is 16.3. The fourth-order valence-corrected chi connectivity index (χ4v) is 2.53. The molecule has 3 rings (SSSR count). The van der Waals surface area contributed by atoms with Crippen LogP contribution in [-0.2, 0) is 4.79 Å². The lowest BCUT2D eigenvalue weighted by molar-refractivity contribution is -0.114. The molecule has 2 aromatic carbocycles.